The lowest BCUT2D eigenvalue weighted by Crippen LogP contribution is -2.40. The van der Waals surface area contributed by atoms with E-state index in [2.05, 4.69) is 10.2 Å². The minimum absolute atomic E-state index is 0.0298. The zero-order valence-corrected chi connectivity index (χ0v) is 15.5. The van der Waals surface area contributed by atoms with Crippen LogP contribution < -0.4 is 4.74 Å². The summed E-state index contributed by atoms with van der Waals surface area (Å²) in [5.74, 6) is 0.695. The van der Waals surface area contributed by atoms with Crippen molar-refractivity contribution in [1.82, 2.24) is 19.9 Å². The van der Waals surface area contributed by atoms with Gasteiger partial charge in [-0.25, -0.2) is 0 Å². The molecule has 0 atom stereocenters. The summed E-state index contributed by atoms with van der Waals surface area (Å²) in [6.45, 7) is 2.93. The number of phenols is 1. The fourth-order valence-corrected chi connectivity index (χ4v) is 3.11. The lowest BCUT2D eigenvalue weighted by atomic mass is 10.2. The third kappa shape index (κ3) is 4.07. The Balaban J connectivity index is 1.32. The van der Waals surface area contributed by atoms with Gasteiger partial charge in [-0.2, -0.15) is 0 Å². The lowest BCUT2D eigenvalue weighted by molar-refractivity contribution is -0.135. The van der Waals surface area contributed by atoms with Crippen LogP contribution in [0.1, 0.15) is 12.8 Å². The molecular formula is C20H22N4O4. The van der Waals surface area contributed by atoms with Gasteiger partial charge in [0, 0.05) is 25.6 Å². The van der Waals surface area contributed by atoms with E-state index in [1.165, 1.54) is 10.9 Å². The second-order valence-corrected chi connectivity index (χ2v) is 6.57. The van der Waals surface area contributed by atoms with Crippen molar-refractivity contribution in [3.05, 3.63) is 42.5 Å². The van der Waals surface area contributed by atoms with Crippen LogP contribution in [0.3, 0.4) is 0 Å². The number of benzene rings is 2. The molecule has 0 bridgehead atoms. The number of carbonyl (C=O) groups is 1. The average molecular weight is 382 g/mol. The number of carbonyl (C=O) groups excluding carboxylic acids is 1. The lowest BCUT2D eigenvalue weighted by Gasteiger charge is -2.26. The van der Waals surface area contributed by atoms with E-state index in [-0.39, 0.29) is 11.7 Å². The van der Waals surface area contributed by atoms with E-state index in [1.807, 2.05) is 29.2 Å². The number of hydrogen-bond donors (Lipinski definition) is 1. The van der Waals surface area contributed by atoms with E-state index < -0.39 is 0 Å². The van der Waals surface area contributed by atoms with Crippen LogP contribution in [-0.2, 0) is 9.53 Å². The van der Waals surface area contributed by atoms with Crippen LogP contribution in [0.5, 0.6) is 11.5 Å². The van der Waals surface area contributed by atoms with Gasteiger partial charge in [-0.15, -0.1) is 15.0 Å². The number of hydrogen-bond acceptors (Lipinski definition) is 6. The van der Waals surface area contributed by atoms with Crippen molar-refractivity contribution in [2.75, 3.05) is 32.9 Å². The molecule has 0 saturated carbocycles. The van der Waals surface area contributed by atoms with Gasteiger partial charge in [0.2, 0.25) is 5.91 Å². The first-order chi connectivity index (χ1) is 13.7. The van der Waals surface area contributed by atoms with Crippen LogP contribution >= 0.6 is 0 Å². The highest BCUT2D eigenvalue weighted by Crippen LogP contribution is 2.27. The fraction of sp³-hybridized carbons (Fsp3) is 0.350. The van der Waals surface area contributed by atoms with E-state index in [0.29, 0.717) is 57.2 Å². The third-order valence-corrected chi connectivity index (χ3v) is 4.62. The summed E-state index contributed by atoms with van der Waals surface area (Å²) in [6, 6.07) is 12.5. The predicted molar refractivity (Wildman–Crippen MR) is 103 cm³/mol. The number of amides is 1. The van der Waals surface area contributed by atoms with Crippen molar-refractivity contribution in [3.8, 4) is 17.2 Å². The summed E-state index contributed by atoms with van der Waals surface area (Å²) in [5, 5.41) is 19.1. The van der Waals surface area contributed by atoms with Gasteiger partial charge in [-0.05, 0) is 30.7 Å². The molecule has 1 N–H and O–H groups in total. The second kappa shape index (κ2) is 8.26. The zero-order valence-electron chi connectivity index (χ0n) is 15.5. The quantitative estimate of drug-likeness (QED) is 0.657. The van der Waals surface area contributed by atoms with E-state index in [4.69, 9.17) is 9.47 Å². The van der Waals surface area contributed by atoms with Crippen LogP contribution in [0, 0.1) is 0 Å². The van der Waals surface area contributed by atoms with Crippen LogP contribution in [-0.4, -0.2) is 63.8 Å². The van der Waals surface area contributed by atoms with Crippen molar-refractivity contribution in [3.63, 3.8) is 0 Å². The molecule has 2 heterocycles. The van der Waals surface area contributed by atoms with E-state index in [9.17, 15) is 9.90 Å². The summed E-state index contributed by atoms with van der Waals surface area (Å²) >= 11 is 0. The molecule has 2 aromatic carbocycles. The molecule has 1 aromatic heterocycles. The SMILES string of the molecule is O=C(CCCOc1ccc(-n2nc3ccccc3n2)c(O)c1)N1CCOCC1. The maximum atomic E-state index is 12.1. The number of phenolic OH excluding ortho intramolecular Hbond substituents is 1. The Morgan fingerprint density at radius 3 is 2.50 bits per heavy atom. The number of aromatic hydroxyl groups is 1. The molecule has 28 heavy (non-hydrogen) atoms. The molecule has 4 rings (SSSR count). The highest BCUT2D eigenvalue weighted by molar-refractivity contribution is 5.76. The number of aromatic nitrogens is 3. The van der Waals surface area contributed by atoms with E-state index in [0.717, 1.165) is 11.0 Å². The van der Waals surface area contributed by atoms with Crippen molar-refractivity contribution in [2.24, 2.45) is 0 Å². The molecular weight excluding hydrogens is 360 g/mol. The summed E-state index contributed by atoms with van der Waals surface area (Å²) in [7, 11) is 0. The molecule has 8 heteroatoms. The molecule has 0 radical (unpaired) electrons. The summed E-state index contributed by atoms with van der Waals surface area (Å²) in [5.41, 5.74) is 1.99. The maximum Gasteiger partial charge on any atom is 0.222 e. The third-order valence-electron chi connectivity index (χ3n) is 4.62. The Hall–Kier alpha value is -3.13. The molecule has 3 aromatic rings. The fourth-order valence-electron chi connectivity index (χ4n) is 3.11. The Kier molecular flexibility index (Phi) is 5.38. The van der Waals surface area contributed by atoms with Crippen molar-refractivity contribution in [1.29, 1.82) is 0 Å². The number of rotatable bonds is 6. The minimum Gasteiger partial charge on any atom is -0.505 e. The molecule has 1 aliphatic heterocycles. The van der Waals surface area contributed by atoms with Gasteiger partial charge in [-0.1, -0.05) is 12.1 Å². The van der Waals surface area contributed by atoms with Gasteiger partial charge in [0.15, 0.2) is 0 Å². The molecule has 8 nitrogen and oxygen atoms in total. The minimum atomic E-state index is 0.0298. The Morgan fingerprint density at radius 1 is 1.11 bits per heavy atom. The normalized spacial score (nSPS) is 14.4. The molecule has 0 aliphatic carbocycles. The Morgan fingerprint density at radius 2 is 1.82 bits per heavy atom. The monoisotopic (exact) mass is 382 g/mol. The van der Waals surface area contributed by atoms with Crippen LogP contribution in [0.25, 0.3) is 16.7 Å². The number of ether oxygens (including phenoxy) is 2. The van der Waals surface area contributed by atoms with Crippen molar-refractivity contribution in [2.45, 2.75) is 12.8 Å². The van der Waals surface area contributed by atoms with Crippen LogP contribution in [0.2, 0.25) is 0 Å². The smallest absolute Gasteiger partial charge is 0.222 e. The van der Waals surface area contributed by atoms with Gasteiger partial charge in [-0.3, -0.25) is 4.79 Å². The molecule has 1 saturated heterocycles. The van der Waals surface area contributed by atoms with E-state index >= 15 is 0 Å². The molecule has 0 spiro atoms. The van der Waals surface area contributed by atoms with E-state index in [1.54, 1.807) is 12.1 Å². The predicted octanol–water partition coefficient (Wildman–Crippen LogP) is 2.14. The van der Waals surface area contributed by atoms with Gasteiger partial charge in [0.05, 0.1) is 19.8 Å². The van der Waals surface area contributed by atoms with Gasteiger partial charge in [0.25, 0.3) is 0 Å². The molecule has 1 fully saturated rings. The molecule has 0 unspecified atom stereocenters. The standard InChI is InChI=1S/C20H22N4O4/c25-19-14-15(28-11-3-6-20(26)23-9-12-27-13-10-23)7-8-18(19)24-21-16-4-1-2-5-17(16)22-24/h1-2,4-5,7-8,14,25H,3,6,9-13H2. The number of nitrogens with zero attached hydrogens (tertiary/aromatic N) is 4. The van der Waals surface area contributed by atoms with Crippen molar-refractivity contribution >= 4 is 16.9 Å². The Labute approximate surface area is 162 Å². The van der Waals surface area contributed by atoms with Gasteiger partial charge in [0.1, 0.15) is 28.2 Å². The first kappa shape index (κ1) is 18.2. The largest absolute Gasteiger partial charge is 0.505 e. The van der Waals surface area contributed by atoms with Crippen molar-refractivity contribution < 1.29 is 19.4 Å². The Bertz CT molecular complexity index is 933. The highest BCUT2D eigenvalue weighted by atomic mass is 16.5. The molecule has 146 valence electrons. The first-order valence-corrected chi connectivity index (χ1v) is 9.34. The molecule has 1 amide bonds. The summed E-state index contributed by atoms with van der Waals surface area (Å²) in [4.78, 5) is 15.3. The molecule has 1 aliphatic rings. The summed E-state index contributed by atoms with van der Waals surface area (Å²) < 4.78 is 10.9. The van der Waals surface area contributed by atoms with Gasteiger partial charge >= 0.3 is 0 Å². The average Bonchev–Trinajstić information content (AvgIpc) is 3.15. The summed E-state index contributed by atoms with van der Waals surface area (Å²) in [6.07, 6.45) is 1.05. The second-order valence-electron chi connectivity index (χ2n) is 6.57. The first-order valence-electron chi connectivity index (χ1n) is 9.34. The maximum absolute atomic E-state index is 12.1. The zero-order chi connectivity index (χ0) is 19.3. The highest BCUT2D eigenvalue weighted by Gasteiger charge is 2.16. The topological polar surface area (TPSA) is 89.7 Å². The van der Waals surface area contributed by atoms with Crippen LogP contribution in [0.15, 0.2) is 42.5 Å². The van der Waals surface area contributed by atoms with Crippen LogP contribution in [0.4, 0.5) is 0 Å². The number of fused-ring (bicyclic) bond motifs is 1. The number of morpholine rings is 1. The van der Waals surface area contributed by atoms with Gasteiger partial charge < -0.3 is 19.5 Å².